The molecule has 2 rings (SSSR count). The fourth-order valence-electron chi connectivity index (χ4n) is 1.77. The molecule has 0 aliphatic carbocycles. The summed E-state index contributed by atoms with van der Waals surface area (Å²) in [7, 11) is 0. The molecule has 0 atom stereocenters. The number of hydrogen-bond donors (Lipinski definition) is 0. The topological polar surface area (TPSA) is 56.8 Å². The van der Waals surface area contributed by atoms with E-state index in [1.54, 1.807) is 18.2 Å². The molecule has 0 bridgehead atoms. The maximum absolute atomic E-state index is 13.1. The average Bonchev–Trinajstić information content (AvgIpc) is 2.51. The maximum Gasteiger partial charge on any atom is 0.130 e. The Bertz CT molecular complexity index is 738. The minimum atomic E-state index is -0.364. The van der Waals surface area contributed by atoms with E-state index in [2.05, 4.69) is 0 Å². The molecule has 0 aliphatic rings. The van der Waals surface area contributed by atoms with E-state index in [0.29, 0.717) is 5.75 Å². The lowest BCUT2D eigenvalue weighted by Crippen LogP contribution is -1.98. The van der Waals surface area contributed by atoms with Crippen LogP contribution in [0.15, 0.2) is 54.1 Å². The molecule has 0 heterocycles. The molecule has 0 aliphatic heterocycles. The Hall–Kier alpha value is -3.11. The Morgan fingerprint density at radius 3 is 2.57 bits per heavy atom. The summed E-state index contributed by atoms with van der Waals surface area (Å²) < 4.78 is 18.6. The molecule has 4 heteroatoms. The van der Waals surface area contributed by atoms with Gasteiger partial charge >= 0.3 is 0 Å². The van der Waals surface area contributed by atoms with E-state index in [-0.39, 0.29) is 18.0 Å². The van der Waals surface area contributed by atoms with Crippen molar-refractivity contribution < 1.29 is 9.13 Å². The second kappa shape index (κ2) is 6.88. The van der Waals surface area contributed by atoms with Gasteiger partial charge in [-0.2, -0.15) is 10.5 Å². The highest BCUT2D eigenvalue weighted by molar-refractivity contribution is 5.64. The highest BCUT2D eigenvalue weighted by atomic mass is 19.1. The first-order valence-corrected chi connectivity index (χ1v) is 6.21. The second-order valence-electron chi connectivity index (χ2n) is 4.23. The first-order valence-electron chi connectivity index (χ1n) is 6.21. The van der Waals surface area contributed by atoms with Gasteiger partial charge in [0.05, 0.1) is 0 Å². The van der Waals surface area contributed by atoms with Crippen LogP contribution in [0.5, 0.6) is 5.75 Å². The lowest BCUT2D eigenvalue weighted by molar-refractivity contribution is 0.304. The third-order valence-corrected chi connectivity index (χ3v) is 2.79. The van der Waals surface area contributed by atoms with Crippen molar-refractivity contribution in [3.05, 3.63) is 71.0 Å². The monoisotopic (exact) mass is 278 g/mol. The van der Waals surface area contributed by atoms with Crippen molar-refractivity contribution in [2.45, 2.75) is 6.61 Å². The highest BCUT2D eigenvalue weighted by Crippen LogP contribution is 2.17. The summed E-state index contributed by atoms with van der Waals surface area (Å²) in [6.45, 7) is 0.222. The zero-order valence-corrected chi connectivity index (χ0v) is 11.1. The molecule has 0 N–H and O–H groups in total. The molecular weight excluding hydrogens is 267 g/mol. The minimum absolute atomic E-state index is 0.0215. The third-order valence-electron chi connectivity index (χ3n) is 2.79. The first-order chi connectivity index (χ1) is 10.2. The van der Waals surface area contributed by atoms with E-state index in [4.69, 9.17) is 15.3 Å². The van der Waals surface area contributed by atoms with E-state index in [1.165, 1.54) is 18.2 Å². The zero-order chi connectivity index (χ0) is 15.1. The van der Waals surface area contributed by atoms with Crippen LogP contribution in [0.4, 0.5) is 4.39 Å². The Labute approximate surface area is 122 Å². The van der Waals surface area contributed by atoms with Crippen molar-refractivity contribution in [1.29, 1.82) is 10.5 Å². The second-order valence-corrected chi connectivity index (χ2v) is 4.23. The molecule has 2 aromatic carbocycles. The molecule has 21 heavy (non-hydrogen) atoms. The summed E-state index contributed by atoms with van der Waals surface area (Å²) in [6, 6.07) is 16.8. The lowest BCUT2D eigenvalue weighted by atomic mass is 10.1. The summed E-state index contributed by atoms with van der Waals surface area (Å²) >= 11 is 0. The minimum Gasteiger partial charge on any atom is -0.489 e. The molecule has 102 valence electrons. The van der Waals surface area contributed by atoms with Gasteiger partial charge in [-0.05, 0) is 29.3 Å². The number of nitrogens with zero attached hydrogens (tertiary/aromatic N) is 2. The Morgan fingerprint density at radius 1 is 1.10 bits per heavy atom. The van der Waals surface area contributed by atoms with Gasteiger partial charge in [-0.15, -0.1) is 0 Å². The quantitative estimate of drug-likeness (QED) is 0.798. The third kappa shape index (κ3) is 3.92. The summed E-state index contributed by atoms with van der Waals surface area (Å²) in [6.07, 6.45) is 1.50. The highest BCUT2D eigenvalue weighted by Gasteiger charge is 2.03. The van der Waals surface area contributed by atoms with Gasteiger partial charge < -0.3 is 4.74 Å². The predicted molar refractivity (Wildman–Crippen MR) is 76.4 cm³/mol. The van der Waals surface area contributed by atoms with Crippen molar-refractivity contribution in [2.75, 3.05) is 0 Å². The summed E-state index contributed by atoms with van der Waals surface area (Å²) in [5.74, 6) is 0.0616. The number of hydrogen-bond acceptors (Lipinski definition) is 3. The average molecular weight is 278 g/mol. The van der Waals surface area contributed by atoms with Crippen molar-refractivity contribution >= 4 is 6.08 Å². The van der Waals surface area contributed by atoms with Gasteiger partial charge in [0.1, 0.15) is 35.9 Å². The Kier molecular flexibility index (Phi) is 4.69. The van der Waals surface area contributed by atoms with Gasteiger partial charge in [-0.1, -0.05) is 30.3 Å². The fourth-order valence-corrected chi connectivity index (χ4v) is 1.77. The van der Waals surface area contributed by atoms with Crippen LogP contribution in [-0.2, 0) is 6.61 Å². The van der Waals surface area contributed by atoms with E-state index < -0.39 is 0 Å². The van der Waals surface area contributed by atoms with E-state index in [0.717, 1.165) is 11.1 Å². The molecule has 0 aromatic heterocycles. The van der Waals surface area contributed by atoms with Crippen LogP contribution in [0.2, 0.25) is 0 Å². The van der Waals surface area contributed by atoms with Crippen molar-refractivity contribution in [3.63, 3.8) is 0 Å². The van der Waals surface area contributed by atoms with Gasteiger partial charge in [-0.25, -0.2) is 4.39 Å². The van der Waals surface area contributed by atoms with E-state index in [9.17, 15) is 4.39 Å². The van der Waals surface area contributed by atoms with Crippen LogP contribution in [-0.4, -0.2) is 0 Å². The molecule has 0 saturated heterocycles. The summed E-state index contributed by atoms with van der Waals surface area (Å²) in [5.41, 5.74) is 1.56. The van der Waals surface area contributed by atoms with Gasteiger partial charge in [0.25, 0.3) is 0 Å². The van der Waals surface area contributed by atoms with Crippen LogP contribution in [0.1, 0.15) is 11.1 Å². The molecule has 0 saturated carbocycles. The number of rotatable bonds is 4. The van der Waals surface area contributed by atoms with Crippen LogP contribution in [0.25, 0.3) is 6.08 Å². The van der Waals surface area contributed by atoms with E-state index >= 15 is 0 Å². The molecule has 0 spiro atoms. The number of halogens is 1. The van der Waals surface area contributed by atoms with Crippen LogP contribution < -0.4 is 4.74 Å². The molecule has 0 fully saturated rings. The van der Waals surface area contributed by atoms with Gasteiger partial charge in [0, 0.05) is 6.07 Å². The molecule has 0 amide bonds. The molecule has 3 nitrogen and oxygen atoms in total. The van der Waals surface area contributed by atoms with E-state index in [1.807, 2.05) is 30.3 Å². The van der Waals surface area contributed by atoms with Gasteiger partial charge in [0.2, 0.25) is 0 Å². The predicted octanol–water partition coefficient (Wildman–Crippen LogP) is 3.84. The van der Waals surface area contributed by atoms with Crippen molar-refractivity contribution in [3.8, 4) is 17.9 Å². The maximum atomic E-state index is 13.1. The molecular formula is C17H11FN2O. The molecule has 2 aromatic rings. The standard InChI is InChI=1S/C17H11FN2O/c18-16-6-3-7-17(9-16)21-12-15-5-2-1-4-14(15)8-13(10-19)11-20/h1-9H,12H2. The molecule has 0 radical (unpaired) electrons. The van der Waals surface area contributed by atoms with Gasteiger partial charge in [0.15, 0.2) is 0 Å². The Balaban J connectivity index is 2.20. The number of ether oxygens (including phenoxy) is 1. The fraction of sp³-hybridized carbons (Fsp3) is 0.0588. The summed E-state index contributed by atoms with van der Waals surface area (Å²) in [4.78, 5) is 0. The van der Waals surface area contributed by atoms with Crippen molar-refractivity contribution in [1.82, 2.24) is 0 Å². The largest absolute Gasteiger partial charge is 0.489 e. The zero-order valence-electron chi connectivity index (χ0n) is 11.1. The van der Waals surface area contributed by atoms with Crippen LogP contribution >= 0.6 is 0 Å². The van der Waals surface area contributed by atoms with Crippen LogP contribution in [0, 0.1) is 28.5 Å². The van der Waals surface area contributed by atoms with Crippen molar-refractivity contribution in [2.24, 2.45) is 0 Å². The number of nitriles is 2. The number of allylic oxidation sites excluding steroid dienone is 1. The lowest BCUT2D eigenvalue weighted by Gasteiger charge is -2.09. The normalized spacial score (nSPS) is 9.29. The SMILES string of the molecule is N#CC(C#N)=Cc1ccccc1COc1cccc(F)c1. The number of benzene rings is 2. The van der Waals surface area contributed by atoms with Crippen LogP contribution in [0.3, 0.4) is 0 Å². The Morgan fingerprint density at radius 2 is 1.86 bits per heavy atom. The smallest absolute Gasteiger partial charge is 0.130 e. The first kappa shape index (κ1) is 14.3. The van der Waals surface area contributed by atoms with Gasteiger partial charge in [-0.3, -0.25) is 0 Å². The summed E-state index contributed by atoms with van der Waals surface area (Å²) in [5, 5.41) is 17.6. The molecule has 0 unspecified atom stereocenters.